The first-order valence-electron chi connectivity index (χ1n) is 7.29. The zero-order chi connectivity index (χ0) is 15.3. The average molecular weight is 301 g/mol. The lowest BCUT2D eigenvalue weighted by Gasteiger charge is -2.38. The Morgan fingerprint density at radius 2 is 1.76 bits per heavy atom. The average Bonchev–Trinajstić information content (AvgIpc) is 2.49. The van der Waals surface area contributed by atoms with Crippen molar-refractivity contribution >= 4 is 12.0 Å². The van der Waals surface area contributed by atoms with E-state index in [1.807, 2.05) is 0 Å². The summed E-state index contributed by atoms with van der Waals surface area (Å²) in [6, 6.07) is -0.331. The number of ether oxygens (including phenoxy) is 1. The molecule has 0 aromatic carbocycles. The number of carboxylic acid groups (broad SMARTS) is 1. The molecule has 21 heavy (non-hydrogen) atoms. The third-order valence-electron chi connectivity index (χ3n) is 4.18. The van der Waals surface area contributed by atoms with E-state index < -0.39 is 11.5 Å². The summed E-state index contributed by atoms with van der Waals surface area (Å²) in [4.78, 5) is 27.5. The van der Waals surface area contributed by atoms with Gasteiger partial charge in [-0.25, -0.2) is 9.59 Å². The molecule has 0 bridgehead atoms. The first-order chi connectivity index (χ1) is 10.1. The van der Waals surface area contributed by atoms with E-state index in [-0.39, 0.29) is 12.6 Å². The number of piperazine rings is 1. The molecular formula is C13H23N3O5. The maximum atomic E-state index is 12.3. The van der Waals surface area contributed by atoms with Crippen molar-refractivity contribution in [1.82, 2.24) is 15.1 Å². The molecule has 0 spiro atoms. The van der Waals surface area contributed by atoms with Crippen LogP contribution in [0.1, 0.15) is 12.8 Å². The summed E-state index contributed by atoms with van der Waals surface area (Å²) in [5, 5.41) is 21.0. The molecule has 0 aromatic rings. The number of aliphatic hydroxyl groups is 1. The van der Waals surface area contributed by atoms with Crippen LogP contribution >= 0.6 is 0 Å². The Hall–Kier alpha value is -1.38. The van der Waals surface area contributed by atoms with Crippen LogP contribution < -0.4 is 5.32 Å². The van der Waals surface area contributed by atoms with Gasteiger partial charge in [0.15, 0.2) is 0 Å². The van der Waals surface area contributed by atoms with Crippen LogP contribution in [0, 0.1) is 0 Å². The molecule has 2 amide bonds. The van der Waals surface area contributed by atoms with Crippen LogP contribution in [0.4, 0.5) is 4.79 Å². The number of aliphatic hydroxyl groups excluding tert-OH is 1. The standard InChI is InChI=1S/C13H23N3O5/c17-8-7-15-3-5-16(6-4-15)12(20)14-13(11(18)19)1-9-21-10-2-13/h17H,1-10H2,(H,14,20)(H,18,19). The van der Waals surface area contributed by atoms with Gasteiger partial charge in [0.05, 0.1) is 6.61 Å². The monoisotopic (exact) mass is 301 g/mol. The summed E-state index contributed by atoms with van der Waals surface area (Å²) >= 11 is 0. The lowest BCUT2D eigenvalue weighted by molar-refractivity contribution is -0.148. The third kappa shape index (κ3) is 3.84. The first kappa shape index (κ1) is 16.0. The quantitative estimate of drug-likeness (QED) is 0.612. The highest BCUT2D eigenvalue weighted by molar-refractivity contribution is 5.86. The molecule has 2 saturated heterocycles. The lowest BCUT2D eigenvalue weighted by atomic mass is 9.90. The number of nitrogens with one attached hydrogen (secondary N) is 1. The molecule has 0 atom stereocenters. The van der Waals surface area contributed by atoms with E-state index in [0.717, 1.165) is 0 Å². The van der Waals surface area contributed by atoms with Gasteiger partial charge in [0, 0.05) is 58.8 Å². The van der Waals surface area contributed by atoms with Gasteiger partial charge in [0.25, 0.3) is 0 Å². The molecule has 2 heterocycles. The van der Waals surface area contributed by atoms with E-state index in [1.165, 1.54) is 0 Å². The number of hydrogen-bond donors (Lipinski definition) is 3. The molecule has 0 aromatic heterocycles. The van der Waals surface area contributed by atoms with Crippen molar-refractivity contribution in [2.24, 2.45) is 0 Å². The van der Waals surface area contributed by atoms with Gasteiger partial charge in [-0.05, 0) is 0 Å². The van der Waals surface area contributed by atoms with Gasteiger partial charge in [0.2, 0.25) is 0 Å². The van der Waals surface area contributed by atoms with Gasteiger partial charge in [-0.3, -0.25) is 4.90 Å². The van der Waals surface area contributed by atoms with Crippen LogP contribution in [0.15, 0.2) is 0 Å². The molecule has 0 radical (unpaired) electrons. The minimum Gasteiger partial charge on any atom is -0.480 e. The van der Waals surface area contributed by atoms with Crippen LogP contribution in [0.3, 0.4) is 0 Å². The normalized spacial score (nSPS) is 22.8. The number of aliphatic carboxylic acids is 1. The summed E-state index contributed by atoms with van der Waals surface area (Å²) in [5.41, 5.74) is -1.21. The fourth-order valence-electron chi connectivity index (χ4n) is 2.71. The van der Waals surface area contributed by atoms with Crippen LogP contribution in [0.2, 0.25) is 0 Å². The van der Waals surface area contributed by atoms with Crippen LogP contribution in [0.25, 0.3) is 0 Å². The second-order valence-corrected chi connectivity index (χ2v) is 5.48. The van der Waals surface area contributed by atoms with E-state index in [0.29, 0.717) is 58.8 Å². The smallest absolute Gasteiger partial charge is 0.329 e. The number of carbonyl (C=O) groups is 2. The van der Waals surface area contributed by atoms with Gasteiger partial charge in [0.1, 0.15) is 5.54 Å². The van der Waals surface area contributed by atoms with E-state index in [4.69, 9.17) is 9.84 Å². The summed E-state index contributed by atoms with van der Waals surface area (Å²) < 4.78 is 5.18. The number of amides is 2. The van der Waals surface area contributed by atoms with Gasteiger partial charge < -0.3 is 25.2 Å². The fraction of sp³-hybridized carbons (Fsp3) is 0.846. The molecule has 3 N–H and O–H groups in total. The van der Waals surface area contributed by atoms with Crippen molar-refractivity contribution in [1.29, 1.82) is 0 Å². The predicted molar refractivity (Wildman–Crippen MR) is 74.1 cm³/mol. The predicted octanol–water partition coefficient (Wildman–Crippen LogP) is -1.06. The van der Waals surface area contributed by atoms with Gasteiger partial charge in [-0.2, -0.15) is 0 Å². The van der Waals surface area contributed by atoms with Crippen molar-refractivity contribution in [3.05, 3.63) is 0 Å². The number of urea groups is 1. The molecule has 0 unspecified atom stereocenters. The molecule has 8 nitrogen and oxygen atoms in total. The van der Waals surface area contributed by atoms with Gasteiger partial charge in [-0.1, -0.05) is 0 Å². The number of β-amino-alcohol motifs (C(OH)–C–C–N with tert-alkyl or cyclic N) is 1. The Morgan fingerprint density at radius 1 is 1.14 bits per heavy atom. The van der Waals surface area contributed by atoms with E-state index in [9.17, 15) is 14.7 Å². The largest absolute Gasteiger partial charge is 0.480 e. The molecular weight excluding hydrogens is 278 g/mol. The molecule has 0 aliphatic carbocycles. The Morgan fingerprint density at radius 3 is 2.29 bits per heavy atom. The summed E-state index contributed by atoms with van der Waals surface area (Å²) in [6.07, 6.45) is 0.580. The molecule has 2 aliphatic heterocycles. The second-order valence-electron chi connectivity index (χ2n) is 5.48. The number of carbonyl (C=O) groups excluding carboxylic acids is 1. The highest BCUT2D eigenvalue weighted by Gasteiger charge is 2.42. The maximum absolute atomic E-state index is 12.3. The molecule has 2 rings (SSSR count). The highest BCUT2D eigenvalue weighted by Crippen LogP contribution is 2.21. The molecule has 8 heteroatoms. The Bertz CT molecular complexity index is 376. The van der Waals surface area contributed by atoms with Gasteiger partial charge in [-0.15, -0.1) is 0 Å². The second kappa shape index (κ2) is 7.06. The summed E-state index contributed by atoms with van der Waals surface area (Å²) in [5.74, 6) is -1.00. The SMILES string of the molecule is O=C(NC1(C(=O)O)CCOCC1)N1CCN(CCO)CC1. The van der Waals surface area contributed by atoms with Crippen molar-refractivity contribution in [3.63, 3.8) is 0 Å². The van der Waals surface area contributed by atoms with Crippen LogP contribution in [-0.4, -0.2) is 90.1 Å². The third-order valence-corrected chi connectivity index (χ3v) is 4.18. The molecule has 120 valence electrons. The number of nitrogens with zero attached hydrogens (tertiary/aromatic N) is 2. The number of carboxylic acids is 1. The summed E-state index contributed by atoms with van der Waals surface area (Å²) in [7, 11) is 0. The Balaban J connectivity index is 1.90. The molecule has 0 saturated carbocycles. The van der Waals surface area contributed by atoms with Crippen LogP contribution in [0.5, 0.6) is 0 Å². The first-order valence-corrected chi connectivity index (χ1v) is 7.29. The zero-order valence-electron chi connectivity index (χ0n) is 12.1. The Labute approximate surface area is 123 Å². The Kier molecular flexibility index (Phi) is 5.38. The van der Waals surface area contributed by atoms with E-state index in [2.05, 4.69) is 10.2 Å². The molecule has 2 fully saturated rings. The number of rotatable bonds is 4. The fourth-order valence-corrected chi connectivity index (χ4v) is 2.71. The topological polar surface area (TPSA) is 102 Å². The van der Waals surface area contributed by atoms with Crippen molar-refractivity contribution in [2.45, 2.75) is 18.4 Å². The van der Waals surface area contributed by atoms with Crippen LogP contribution in [-0.2, 0) is 9.53 Å². The maximum Gasteiger partial charge on any atom is 0.329 e. The van der Waals surface area contributed by atoms with Crippen molar-refractivity contribution in [2.75, 3.05) is 52.5 Å². The van der Waals surface area contributed by atoms with E-state index >= 15 is 0 Å². The van der Waals surface area contributed by atoms with E-state index in [1.54, 1.807) is 4.90 Å². The summed E-state index contributed by atoms with van der Waals surface area (Å²) in [6.45, 7) is 3.86. The van der Waals surface area contributed by atoms with Gasteiger partial charge >= 0.3 is 12.0 Å². The van der Waals surface area contributed by atoms with Crippen molar-refractivity contribution < 1.29 is 24.5 Å². The minimum absolute atomic E-state index is 0.105. The number of hydrogen-bond acceptors (Lipinski definition) is 5. The zero-order valence-corrected chi connectivity index (χ0v) is 12.1. The molecule has 2 aliphatic rings. The lowest BCUT2D eigenvalue weighted by Crippen LogP contribution is -2.62. The highest BCUT2D eigenvalue weighted by atomic mass is 16.5. The minimum atomic E-state index is -1.21. The van der Waals surface area contributed by atoms with Crippen molar-refractivity contribution in [3.8, 4) is 0 Å².